The lowest BCUT2D eigenvalue weighted by Crippen LogP contribution is -2.34. The van der Waals surface area contributed by atoms with Crippen molar-refractivity contribution in [2.45, 2.75) is 46.1 Å². The Kier molecular flexibility index (Phi) is 6.14. The third-order valence-corrected chi connectivity index (χ3v) is 7.55. The van der Waals surface area contributed by atoms with Gasteiger partial charge in [0.25, 0.3) is 0 Å². The molecule has 1 N–H and O–H groups in total. The van der Waals surface area contributed by atoms with Gasteiger partial charge in [-0.2, -0.15) is 0 Å². The highest BCUT2D eigenvalue weighted by Gasteiger charge is 2.56. The Morgan fingerprint density at radius 1 is 1.29 bits per heavy atom. The summed E-state index contributed by atoms with van der Waals surface area (Å²) < 4.78 is 7.15. The smallest absolute Gasteiger partial charge is 0.233 e. The third-order valence-electron chi connectivity index (χ3n) is 7.05. The summed E-state index contributed by atoms with van der Waals surface area (Å²) in [5.74, 6) is 0.0143. The molecule has 0 bridgehead atoms. The summed E-state index contributed by atoms with van der Waals surface area (Å²) in [5, 5.41) is 10.1. The Hall–Kier alpha value is -1.92. The molecule has 5 nitrogen and oxygen atoms in total. The van der Waals surface area contributed by atoms with E-state index >= 15 is 0 Å². The number of rotatable bonds is 5. The quantitative estimate of drug-likeness (QED) is 0.471. The number of carbonyl (C=O) groups excluding carboxylic acids is 2. The van der Waals surface area contributed by atoms with Gasteiger partial charge in [-0.3, -0.25) is 14.5 Å². The van der Waals surface area contributed by atoms with Crippen LogP contribution in [0.25, 0.3) is 6.08 Å². The molecule has 0 radical (unpaired) electrons. The molecule has 2 heterocycles. The summed E-state index contributed by atoms with van der Waals surface area (Å²) in [7, 11) is 1.61. The molecule has 2 saturated heterocycles. The number of ether oxygens (including phenoxy) is 1. The molecule has 0 aromatic heterocycles. The Morgan fingerprint density at radius 2 is 2.03 bits per heavy atom. The number of aromatic hydroxyl groups is 1. The first kappa shape index (κ1) is 22.3. The maximum absolute atomic E-state index is 12.8. The average molecular weight is 488 g/mol. The highest BCUT2D eigenvalue weighted by Crippen LogP contribution is 2.51. The molecule has 31 heavy (non-hydrogen) atoms. The van der Waals surface area contributed by atoms with E-state index in [0.29, 0.717) is 18.9 Å². The molecule has 4 atom stereocenters. The monoisotopic (exact) mass is 487 g/mol. The number of fused-ring (bicyclic) bond motifs is 3. The van der Waals surface area contributed by atoms with E-state index in [1.165, 1.54) is 16.0 Å². The molecule has 2 aliphatic heterocycles. The van der Waals surface area contributed by atoms with Crippen LogP contribution in [0, 0.1) is 23.7 Å². The molecule has 0 saturated carbocycles. The van der Waals surface area contributed by atoms with Gasteiger partial charge in [0.05, 0.1) is 24.5 Å². The molecular formula is C25H30BrNO4. The molecule has 1 aromatic rings. The van der Waals surface area contributed by atoms with Crippen LogP contribution >= 0.6 is 15.9 Å². The largest absolute Gasteiger partial charge is 0.507 e. The lowest BCUT2D eigenvalue weighted by molar-refractivity contribution is -0.138. The van der Waals surface area contributed by atoms with Gasteiger partial charge in [-0.05, 0) is 55.9 Å². The third kappa shape index (κ3) is 4.00. The van der Waals surface area contributed by atoms with Crippen molar-refractivity contribution in [3.05, 3.63) is 45.0 Å². The molecule has 2 amide bonds. The van der Waals surface area contributed by atoms with Crippen LogP contribution in [0.3, 0.4) is 0 Å². The fourth-order valence-corrected chi connectivity index (χ4v) is 5.83. The van der Waals surface area contributed by atoms with E-state index < -0.39 is 0 Å². The molecule has 0 unspecified atom stereocenters. The molecule has 0 spiro atoms. The van der Waals surface area contributed by atoms with Gasteiger partial charge in [-0.15, -0.1) is 0 Å². The van der Waals surface area contributed by atoms with E-state index in [9.17, 15) is 14.7 Å². The highest BCUT2D eigenvalue weighted by atomic mass is 79.9. The minimum atomic E-state index is -0.268. The maximum atomic E-state index is 12.8. The first-order chi connectivity index (χ1) is 14.7. The van der Waals surface area contributed by atoms with Crippen molar-refractivity contribution in [2.24, 2.45) is 23.7 Å². The number of hydrogen-bond donors (Lipinski definition) is 1. The fraction of sp³-hybridized carbons (Fsp3) is 0.520. The van der Waals surface area contributed by atoms with Crippen LogP contribution in [0.4, 0.5) is 0 Å². The Balaban J connectivity index is 1.55. The summed E-state index contributed by atoms with van der Waals surface area (Å²) in [6.07, 6.45) is 4.32. The number of amides is 2. The number of phenols is 1. The van der Waals surface area contributed by atoms with Crippen LogP contribution in [0.15, 0.2) is 39.4 Å². The molecule has 4 rings (SSSR count). The number of phenolic OH excluding ortho intramolecular Hbond substituents is 1. The van der Waals surface area contributed by atoms with Crippen LogP contribution in [0.2, 0.25) is 0 Å². The minimum absolute atomic E-state index is 0.0148. The van der Waals surface area contributed by atoms with E-state index in [1.54, 1.807) is 13.1 Å². The molecule has 1 aliphatic carbocycles. The van der Waals surface area contributed by atoms with Crippen molar-refractivity contribution < 1.29 is 19.4 Å². The number of halogens is 1. The Bertz CT molecular complexity index is 980. The number of imide groups is 1. The van der Waals surface area contributed by atoms with Crippen molar-refractivity contribution in [1.82, 2.24) is 4.90 Å². The topological polar surface area (TPSA) is 66.8 Å². The molecule has 166 valence electrons. The lowest BCUT2D eigenvalue weighted by Gasteiger charge is -2.33. The highest BCUT2D eigenvalue weighted by molar-refractivity contribution is 9.10. The van der Waals surface area contributed by atoms with Gasteiger partial charge in [0, 0.05) is 23.0 Å². The van der Waals surface area contributed by atoms with Gasteiger partial charge in [0.15, 0.2) is 0 Å². The van der Waals surface area contributed by atoms with Gasteiger partial charge >= 0.3 is 0 Å². The average Bonchev–Trinajstić information content (AvgIpc) is 3.24. The van der Waals surface area contributed by atoms with Gasteiger partial charge in [-0.1, -0.05) is 47.0 Å². The molecular weight excluding hydrogens is 458 g/mol. The molecule has 1 aromatic carbocycles. The Labute approximate surface area is 192 Å². The van der Waals surface area contributed by atoms with E-state index in [2.05, 4.69) is 36.7 Å². The van der Waals surface area contributed by atoms with Crippen molar-refractivity contribution in [1.29, 1.82) is 0 Å². The zero-order chi connectivity index (χ0) is 22.4. The van der Waals surface area contributed by atoms with Gasteiger partial charge in [-0.25, -0.2) is 0 Å². The number of benzene rings is 1. The van der Waals surface area contributed by atoms with Crippen LogP contribution in [-0.2, 0) is 14.3 Å². The number of allylic oxidation sites excluding steroid dienone is 2. The van der Waals surface area contributed by atoms with Gasteiger partial charge in [0.2, 0.25) is 11.8 Å². The number of likely N-dealkylation sites (tertiary alicyclic amines) is 1. The van der Waals surface area contributed by atoms with Gasteiger partial charge < -0.3 is 9.84 Å². The van der Waals surface area contributed by atoms with Crippen LogP contribution < -0.4 is 0 Å². The summed E-state index contributed by atoms with van der Waals surface area (Å²) >= 11 is 3.45. The van der Waals surface area contributed by atoms with Crippen molar-refractivity contribution in [3.63, 3.8) is 0 Å². The predicted octanol–water partition coefficient (Wildman–Crippen LogP) is 4.94. The van der Waals surface area contributed by atoms with E-state index in [1.807, 2.05) is 18.2 Å². The molecule has 3 aliphatic rings. The van der Waals surface area contributed by atoms with Crippen LogP contribution in [-0.4, -0.2) is 41.6 Å². The fourth-order valence-electron chi connectivity index (χ4n) is 5.45. The second-order valence-electron chi connectivity index (χ2n) is 9.37. The standard InChI is InChI=1S/C25H30BrNO4/c1-13(2)17-11-18-23(25(30)27(4)24(18)29)19-12-31-21(22(17)19)8-5-14(3)9-15-10-16(26)6-7-20(15)28/h6-7,9-10,13,18-19,21,23,28H,5,8,11-12H2,1-4H3/b14-9+/t18-,19+,21-,23-/m1/s1. The number of hydrogen-bond acceptors (Lipinski definition) is 4. The van der Waals surface area contributed by atoms with E-state index in [0.717, 1.165) is 28.5 Å². The van der Waals surface area contributed by atoms with Crippen LogP contribution in [0.5, 0.6) is 5.75 Å². The minimum Gasteiger partial charge on any atom is -0.507 e. The van der Waals surface area contributed by atoms with E-state index in [-0.39, 0.29) is 41.4 Å². The zero-order valence-electron chi connectivity index (χ0n) is 18.5. The second-order valence-corrected chi connectivity index (χ2v) is 10.3. The van der Waals surface area contributed by atoms with Crippen molar-refractivity contribution in [2.75, 3.05) is 13.7 Å². The Morgan fingerprint density at radius 3 is 2.74 bits per heavy atom. The molecule has 6 heteroatoms. The van der Waals surface area contributed by atoms with E-state index in [4.69, 9.17) is 4.74 Å². The summed E-state index contributed by atoms with van der Waals surface area (Å²) in [5.41, 5.74) is 4.52. The first-order valence-electron chi connectivity index (χ1n) is 11.0. The summed E-state index contributed by atoms with van der Waals surface area (Å²) in [6, 6.07) is 5.40. The summed E-state index contributed by atoms with van der Waals surface area (Å²) in [6.45, 7) is 6.91. The van der Waals surface area contributed by atoms with Crippen molar-refractivity contribution in [3.8, 4) is 5.75 Å². The lowest BCUT2D eigenvalue weighted by atomic mass is 9.67. The predicted molar refractivity (Wildman–Crippen MR) is 123 cm³/mol. The van der Waals surface area contributed by atoms with Crippen LogP contribution in [0.1, 0.15) is 45.6 Å². The maximum Gasteiger partial charge on any atom is 0.233 e. The summed E-state index contributed by atoms with van der Waals surface area (Å²) in [4.78, 5) is 26.8. The SMILES string of the molecule is C/C(=C\c1cc(Br)ccc1O)CC[C@H]1OC[C@H]2C1=C(C(C)C)C[C@H]1C(=O)N(C)C(=O)[C@H]12. The second kappa shape index (κ2) is 8.55. The number of carbonyl (C=O) groups is 2. The molecule has 2 fully saturated rings. The normalized spacial score (nSPS) is 28.6. The zero-order valence-corrected chi connectivity index (χ0v) is 20.1. The first-order valence-corrected chi connectivity index (χ1v) is 11.8. The van der Waals surface area contributed by atoms with Crippen molar-refractivity contribution >= 4 is 33.8 Å². The van der Waals surface area contributed by atoms with Gasteiger partial charge in [0.1, 0.15) is 5.75 Å². The number of nitrogens with zero attached hydrogens (tertiary/aromatic N) is 1.